The molecule has 0 amide bonds. The fourth-order valence-corrected chi connectivity index (χ4v) is 1.50. The van der Waals surface area contributed by atoms with Crippen molar-refractivity contribution in [2.45, 2.75) is 6.10 Å². The molecule has 0 aliphatic rings. The first-order chi connectivity index (χ1) is 9.71. The second-order valence-corrected chi connectivity index (χ2v) is 4.09. The molecule has 1 rings (SSSR count). The molecular weight excluding hydrogens is 258 g/mol. The minimum atomic E-state index is -0.659. The van der Waals surface area contributed by atoms with E-state index in [0.717, 1.165) is 0 Å². The van der Waals surface area contributed by atoms with Crippen molar-refractivity contribution in [3.8, 4) is 12.1 Å². The Morgan fingerprint density at radius 2 is 2.00 bits per heavy atom. The van der Waals surface area contributed by atoms with Gasteiger partial charge < -0.3 is 19.9 Å². The van der Waals surface area contributed by atoms with Crippen molar-refractivity contribution in [2.24, 2.45) is 0 Å². The van der Waals surface area contributed by atoms with Gasteiger partial charge in [0.05, 0.1) is 37.1 Å². The normalized spacial score (nSPS) is 11.4. The van der Waals surface area contributed by atoms with Crippen LogP contribution in [0.1, 0.15) is 11.1 Å². The molecule has 0 aliphatic heterocycles. The van der Waals surface area contributed by atoms with E-state index in [1.165, 1.54) is 0 Å². The van der Waals surface area contributed by atoms with Crippen LogP contribution in [0.5, 0.6) is 0 Å². The van der Waals surface area contributed by atoms with Crippen LogP contribution >= 0.6 is 0 Å². The third kappa shape index (κ3) is 5.25. The van der Waals surface area contributed by atoms with E-state index in [1.54, 1.807) is 25.3 Å². The first-order valence-electron chi connectivity index (χ1n) is 6.14. The zero-order valence-electron chi connectivity index (χ0n) is 11.3. The molecule has 0 radical (unpaired) electrons. The van der Waals surface area contributed by atoms with Crippen LogP contribution in [-0.2, 0) is 9.47 Å². The summed E-state index contributed by atoms with van der Waals surface area (Å²) in [6.07, 6.45) is -0.659. The summed E-state index contributed by atoms with van der Waals surface area (Å²) in [5.74, 6) is 0. The van der Waals surface area contributed by atoms with E-state index in [2.05, 4.69) is 5.32 Å². The van der Waals surface area contributed by atoms with Gasteiger partial charge in [-0.05, 0) is 18.2 Å². The van der Waals surface area contributed by atoms with Crippen molar-refractivity contribution < 1.29 is 14.6 Å². The van der Waals surface area contributed by atoms with Crippen molar-refractivity contribution in [3.63, 3.8) is 0 Å². The molecule has 0 fully saturated rings. The van der Waals surface area contributed by atoms with Crippen molar-refractivity contribution in [1.29, 1.82) is 10.5 Å². The van der Waals surface area contributed by atoms with Gasteiger partial charge in [-0.2, -0.15) is 10.5 Å². The average Bonchev–Trinajstić information content (AvgIpc) is 2.49. The van der Waals surface area contributed by atoms with Crippen molar-refractivity contribution in [2.75, 3.05) is 38.8 Å². The molecule has 106 valence electrons. The number of methoxy groups -OCH3 is 1. The third-order valence-corrected chi connectivity index (χ3v) is 2.54. The van der Waals surface area contributed by atoms with Gasteiger partial charge in [-0.3, -0.25) is 0 Å². The van der Waals surface area contributed by atoms with E-state index in [-0.39, 0.29) is 6.61 Å². The Balaban J connectivity index is 2.42. The van der Waals surface area contributed by atoms with Gasteiger partial charge >= 0.3 is 0 Å². The second-order valence-electron chi connectivity index (χ2n) is 4.09. The molecule has 0 aromatic heterocycles. The lowest BCUT2D eigenvalue weighted by molar-refractivity contribution is 0.0182. The Kier molecular flexibility index (Phi) is 7.08. The number of aliphatic hydroxyl groups is 1. The predicted molar refractivity (Wildman–Crippen MR) is 73.1 cm³/mol. The molecule has 0 spiro atoms. The summed E-state index contributed by atoms with van der Waals surface area (Å²) >= 11 is 0. The Morgan fingerprint density at radius 3 is 2.65 bits per heavy atom. The van der Waals surface area contributed by atoms with E-state index in [9.17, 15) is 5.11 Å². The number of nitriles is 2. The number of aliphatic hydroxyl groups excluding tert-OH is 1. The van der Waals surface area contributed by atoms with Gasteiger partial charge in [-0.25, -0.2) is 0 Å². The van der Waals surface area contributed by atoms with Crippen LogP contribution in [0.2, 0.25) is 0 Å². The van der Waals surface area contributed by atoms with Crippen LogP contribution in [0, 0.1) is 22.7 Å². The van der Waals surface area contributed by atoms with Gasteiger partial charge in [0.25, 0.3) is 0 Å². The number of rotatable bonds is 8. The van der Waals surface area contributed by atoms with E-state index in [1.807, 2.05) is 12.1 Å². The zero-order chi connectivity index (χ0) is 14.8. The zero-order valence-corrected chi connectivity index (χ0v) is 11.3. The molecule has 0 bridgehead atoms. The van der Waals surface area contributed by atoms with Gasteiger partial charge in [0.2, 0.25) is 0 Å². The highest BCUT2D eigenvalue weighted by molar-refractivity contribution is 5.56. The van der Waals surface area contributed by atoms with E-state index in [4.69, 9.17) is 20.0 Å². The summed E-state index contributed by atoms with van der Waals surface area (Å²) in [5.41, 5.74) is 1.32. The van der Waals surface area contributed by atoms with Gasteiger partial charge in [0.15, 0.2) is 0 Å². The number of nitrogens with one attached hydrogen (secondary N) is 1. The molecule has 0 heterocycles. The lowest BCUT2D eigenvalue weighted by atomic mass is 10.1. The maximum atomic E-state index is 9.69. The quantitative estimate of drug-likeness (QED) is 0.683. The Labute approximate surface area is 118 Å². The predicted octanol–water partition coefficient (Wildman–Crippen LogP) is 0.866. The topological polar surface area (TPSA) is 98.3 Å². The number of ether oxygens (including phenoxy) is 2. The smallest absolute Gasteiger partial charge is 0.101 e. The maximum absolute atomic E-state index is 9.69. The summed E-state index contributed by atoms with van der Waals surface area (Å²) in [7, 11) is 1.58. The van der Waals surface area contributed by atoms with Crippen molar-refractivity contribution in [3.05, 3.63) is 29.3 Å². The fourth-order valence-electron chi connectivity index (χ4n) is 1.50. The second kappa shape index (κ2) is 8.89. The van der Waals surface area contributed by atoms with Gasteiger partial charge in [-0.15, -0.1) is 0 Å². The summed E-state index contributed by atoms with van der Waals surface area (Å²) in [6.45, 7) is 1.42. The van der Waals surface area contributed by atoms with Crippen LogP contribution in [0.4, 0.5) is 5.69 Å². The summed E-state index contributed by atoms with van der Waals surface area (Å²) in [5, 5.41) is 30.4. The molecule has 0 saturated heterocycles. The summed E-state index contributed by atoms with van der Waals surface area (Å²) in [6, 6.07) is 8.75. The van der Waals surface area contributed by atoms with Crippen molar-refractivity contribution >= 4 is 5.69 Å². The number of hydrogen-bond acceptors (Lipinski definition) is 6. The molecule has 6 nitrogen and oxygen atoms in total. The largest absolute Gasteiger partial charge is 0.389 e. The van der Waals surface area contributed by atoms with Crippen LogP contribution in [0.15, 0.2) is 18.2 Å². The van der Waals surface area contributed by atoms with Crippen LogP contribution < -0.4 is 5.32 Å². The molecule has 6 heteroatoms. The number of anilines is 1. The molecule has 1 aromatic rings. The SMILES string of the molecule is COCCOCC(O)CNc1ccc(C#N)c(C#N)c1. The molecule has 1 unspecified atom stereocenters. The van der Waals surface area contributed by atoms with E-state index < -0.39 is 6.10 Å². The Morgan fingerprint density at radius 1 is 1.25 bits per heavy atom. The standard InChI is InChI=1S/C14H17N3O3/c1-19-4-5-20-10-14(18)9-17-13-3-2-11(7-15)12(6-13)8-16/h2-3,6,14,17-18H,4-5,9-10H2,1H3. The maximum Gasteiger partial charge on any atom is 0.101 e. The van der Waals surface area contributed by atoms with Gasteiger partial charge in [0, 0.05) is 19.3 Å². The highest BCUT2D eigenvalue weighted by atomic mass is 16.5. The Hall–Kier alpha value is -2.12. The van der Waals surface area contributed by atoms with E-state index >= 15 is 0 Å². The highest BCUT2D eigenvalue weighted by Crippen LogP contribution is 2.14. The summed E-state index contributed by atoms with van der Waals surface area (Å²) in [4.78, 5) is 0. The number of benzene rings is 1. The minimum Gasteiger partial charge on any atom is -0.389 e. The first-order valence-corrected chi connectivity index (χ1v) is 6.14. The monoisotopic (exact) mass is 275 g/mol. The third-order valence-electron chi connectivity index (χ3n) is 2.54. The average molecular weight is 275 g/mol. The molecule has 0 aliphatic carbocycles. The fraction of sp³-hybridized carbons (Fsp3) is 0.429. The van der Waals surface area contributed by atoms with Gasteiger partial charge in [-0.1, -0.05) is 0 Å². The van der Waals surface area contributed by atoms with Crippen LogP contribution in [0.3, 0.4) is 0 Å². The lowest BCUT2D eigenvalue weighted by Gasteiger charge is -2.13. The first kappa shape index (κ1) is 15.9. The molecule has 2 N–H and O–H groups in total. The highest BCUT2D eigenvalue weighted by Gasteiger charge is 2.06. The van der Waals surface area contributed by atoms with Crippen molar-refractivity contribution in [1.82, 2.24) is 0 Å². The van der Waals surface area contributed by atoms with Gasteiger partial charge in [0.1, 0.15) is 12.1 Å². The molecule has 1 atom stereocenters. The van der Waals surface area contributed by atoms with Crippen LogP contribution in [0.25, 0.3) is 0 Å². The Bertz CT molecular complexity index is 505. The number of hydrogen-bond donors (Lipinski definition) is 2. The summed E-state index contributed by atoms with van der Waals surface area (Å²) < 4.78 is 10.0. The molecular formula is C14H17N3O3. The molecule has 1 aromatic carbocycles. The van der Waals surface area contributed by atoms with Crippen LogP contribution in [-0.4, -0.2) is 44.7 Å². The molecule has 0 saturated carbocycles. The van der Waals surface area contributed by atoms with E-state index in [0.29, 0.717) is 36.6 Å². The number of nitrogens with zero attached hydrogens (tertiary/aromatic N) is 2. The molecule has 20 heavy (non-hydrogen) atoms. The lowest BCUT2D eigenvalue weighted by Crippen LogP contribution is -2.25. The minimum absolute atomic E-state index is 0.206.